The van der Waals surface area contributed by atoms with E-state index >= 15 is 0 Å². The molecule has 0 aliphatic carbocycles. The zero-order valence-electron chi connectivity index (χ0n) is 10.9. The summed E-state index contributed by atoms with van der Waals surface area (Å²) in [5.41, 5.74) is 5.98. The van der Waals surface area contributed by atoms with Crippen LogP contribution in [0, 0.1) is 5.82 Å². The molecule has 0 fully saturated rings. The third kappa shape index (κ3) is 4.60. The fourth-order valence-corrected chi connectivity index (χ4v) is 1.54. The van der Waals surface area contributed by atoms with Crippen LogP contribution in [0.1, 0.15) is 12.5 Å². The molecule has 1 aromatic rings. The molecule has 0 saturated carbocycles. The van der Waals surface area contributed by atoms with Crippen molar-refractivity contribution in [3.05, 3.63) is 35.6 Å². The number of hydrogen-bond donors (Lipinski definition) is 4. The van der Waals surface area contributed by atoms with Crippen molar-refractivity contribution in [2.24, 2.45) is 5.73 Å². The van der Waals surface area contributed by atoms with Crippen molar-refractivity contribution in [1.82, 2.24) is 5.32 Å². The Morgan fingerprint density at radius 3 is 2.35 bits per heavy atom. The Kier molecular flexibility index (Phi) is 5.60. The molecule has 0 spiro atoms. The number of aliphatic hydroxyl groups is 1. The van der Waals surface area contributed by atoms with Crippen molar-refractivity contribution in [2.45, 2.75) is 31.5 Å². The minimum atomic E-state index is -1.24. The molecule has 5 N–H and O–H groups in total. The topological polar surface area (TPSA) is 113 Å². The number of aliphatic hydroxyl groups excluding tert-OH is 1. The standard InChI is InChI=1S/C13H17FN2O4/c1-7(17)11(15)12(18)16-10(13(19)20)6-8-2-4-9(14)5-3-8/h2-5,7,10-11,17H,6,15H2,1H3,(H,16,18)(H,19,20). The first kappa shape index (κ1) is 16.1. The van der Waals surface area contributed by atoms with Crippen LogP contribution in [0.4, 0.5) is 4.39 Å². The predicted molar refractivity (Wildman–Crippen MR) is 69.3 cm³/mol. The highest BCUT2D eigenvalue weighted by molar-refractivity contribution is 5.87. The number of nitrogens with two attached hydrogens (primary N) is 1. The summed E-state index contributed by atoms with van der Waals surface area (Å²) in [4.78, 5) is 22.7. The molecule has 0 saturated heterocycles. The van der Waals surface area contributed by atoms with Crippen LogP contribution in [0.25, 0.3) is 0 Å². The molecule has 1 aromatic carbocycles. The highest BCUT2D eigenvalue weighted by atomic mass is 19.1. The number of amides is 1. The Bertz CT molecular complexity index is 476. The van der Waals surface area contributed by atoms with E-state index in [0.717, 1.165) is 0 Å². The number of carboxylic acids is 1. The van der Waals surface area contributed by atoms with Crippen LogP contribution in [-0.2, 0) is 16.0 Å². The summed E-state index contributed by atoms with van der Waals surface area (Å²) < 4.78 is 12.8. The second kappa shape index (κ2) is 6.97. The van der Waals surface area contributed by atoms with Crippen LogP contribution in [-0.4, -0.2) is 40.3 Å². The normalized spacial score (nSPS) is 15.2. The van der Waals surface area contributed by atoms with Gasteiger partial charge in [-0.1, -0.05) is 12.1 Å². The zero-order chi connectivity index (χ0) is 15.3. The lowest BCUT2D eigenvalue weighted by molar-refractivity contribution is -0.142. The predicted octanol–water partition coefficient (Wildman–Crippen LogP) is -0.354. The van der Waals surface area contributed by atoms with E-state index in [-0.39, 0.29) is 6.42 Å². The number of rotatable bonds is 6. The maximum Gasteiger partial charge on any atom is 0.326 e. The third-order valence-corrected chi connectivity index (χ3v) is 2.79. The first-order valence-electron chi connectivity index (χ1n) is 6.02. The Balaban J connectivity index is 2.72. The van der Waals surface area contributed by atoms with Gasteiger partial charge in [-0.25, -0.2) is 9.18 Å². The molecule has 0 radical (unpaired) electrons. The van der Waals surface area contributed by atoms with Gasteiger partial charge in [0, 0.05) is 6.42 Å². The minimum absolute atomic E-state index is 0.00607. The van der Waals surface area contributed by atoms with Crippen LogP contribution in [0.15, 0.2) is 24.3 Å². The fraction of sp³-hybridized carbons (Fsp3) is 0.385. The second-order valence-electron chi connectivity index (χ2n) is 4.50. The maximum atomic E-state index is 12.8. The zero-order valence-corrected chi connectivity index (χ0v) is 10.9. The van der Waals surface area contributed by atoms with Gasteiger partial charge in [-0.15, -0.1) is 0 Å². The Morgan fingerprint density at radius 1 is 1.35 bits per heavy atom. The summed E-state index contributed by atoms with van der Waals surface area (Å²) >= 11 is 0. The molecule has 0 aromatic heterocycles. The molecule has 1 rings (SSSR count). The first-order valence-corrected chi connectivity index (χ1v) is 6.02. The van der Waals surface area contributed by atoms with E-state index in [2.05, 4.69) is 5.32 Å². The number of hydrogen-bond acceptors (Lipinski definition) is 4. The van der Waals surface area contributed by atoms with Gasteiger partial charge in [0.05, 0.1) is 6.10 Å². The molecule has 0 aliphatic rings. The lowest BCUT2D eigenvalue weighted by atomic mass is 10.0. The van der Waals surface area contributed by atoms with Crippen LogP contribution in [0.5, 0.6) is 0 Å². The minimum Gasteiger partial charge on any atom is -0.480 e. The molecule has 1 amide bonds. The number of nitrogens with one attached hydrogen (secondary N) is 1. The summed E-state index contributed by atoms with van der Waals surface area (Å²) in [6.07, 6.45) is -1.09. The van der Waals surface area contributed by atoms with Crippen molar-refractivity contribution in [3.8, 4) is 0 Å². The molecular formula is C13H17FN2O4. The van der Waals surface area contributed by atoms with E-state index in [1.165, 1.54) is 31.2 Å². The van der Waals surface area contributed by atoms with Crippen LogP contribution >= 0.6 is 0 Å². The number of aliphatic carboxylic acids is 1. The largest absolute Gasteiger partial charge is 0.480 e. The highest BCUT2D eigenvalue weighted by Crippen LogP contribution is 2.06. The maximum absolute atomic E-state index is 12.8. The molecule has 3 unspecified atom stereocenters. The van der Waals surface area contributed by atoms with Crippen LogP contribution < -0.4 is 11.1 Å². The van der Waals surface area contributed by atoms with Crippen LogP contribution in [0.3, 0.4) is 0 Å². The number of carbonyl (C=O) groups excluding carboxylic acids is 1. The van der Waals surface area contributed by atoms with Gasteiger partial charge in [0.15, 0.2) is 0 Å². The van der Waals surface area contributed by atoms with Crippen molar-refractivity contribution >= 4 is 11.9 Å². The van der Waals surface area contributed by atoms with Crippen LogP contribution in [0.2, 0.25) is 0 Å². The average molecular weight is 284 g/mol. The molecule has 0 aliphatic heterocycles. The molecule has 6 nitrogen and oxygen atoms in total. The Morgan fingerprint density at radius 2 is 1.90 bits per heavy atom. The van der Waals surface area contributed by atoms with Crippen molar-refractivity contribution < 1.29 is 24.2 Å². The van der Waals surface area contributed by atoms with Gasteiger partial charge in [0.1, 0.15) is 17.9 Å². The van der Waals surface area contributed by atoms with E-state index < -0.39 is 35.9 Å². The number of carboxylic acid groups (broad SMARTS) is 1. The lowest BCUT2D eigenvalue weighted by Gasteiger charge is -2.19. The summed E-state index contributed by atoms with van der Waals surface area (Å²) in [5, 5.41) is 20.5. The van der Waals surface area contributed by atoms with E-state index in [0.29, 0.717) is 5.56 Å². The van der Waals surface area contributed by atoms with Gasteiger partial charge in [-0.2, -0.15) is 0 Å². The summed E-state index contributed by atoms with van der Waals surface area (Å²) in [6.45, 7) is 1.33. The van der Waals surface area contributed by atoms with Gasteiger partial charge in [0.25, 0.3) is 0 Å². The molecular weight excluding hydrogens is 267 g/mol. The lowest BCUT2D eigenvalue weighted by Crippen LogP contribution is -2.52. The van der Waals surface area contributed by atoms with Crippen molar-refractivity contribution in [2.75, 3.05) is 0 Å². The monoisotopic (exact) mass is 284 g/mol. The van der Waals surface area contributed by atoms with Gasteiger partial charge in [-0.3, -0.25) is 4.79 Å². The molecule has 110 valence electrons. The first-order chi connectivity index (χ1) is 9.31. The quantitative estimate of drug-likeness (QED) is 0.570. The van der Waals surface area contributed by atoms with E-state index in [1.54, 1.807) is 0 Å². The summed E-state index contributed by atoms with van der Waals surface area (Å²) in [5.74, 6) is -2.42. The molecule has 20 heavy (non-hydrogen) atoms. The number of halogens is 1. The van der Waals surface area contributed by atoms with Gasteiger partial charge in [-0.05, 0) is 24.6 Å². The molecule has 3 atom stereocenters. The summed E-state index contributed by atoms with van der Waals surface area (Å²) in [7, 11) is 0. The summed E-state index contributed by atoms with van der Waals surface area (Å²) in [6, 6.07) is 2.88. The van der Waals surface area contributed by atoms with E-state index in [1.807, 2.05) is 0 Å². The highest BCUT2D eigenvalue weighted by Gasteiger charge is 2.25. The SMILES string of the molecule is CC(O)C(N)C(=O)NC(Cc1ccc(F)cc1)C(=O)O. The Labute approximate surface area is 115 Å². The van der Waals surface area contributed by atoms with Crippen molar-refractivity contribution in [1.29, 1.82) is 0 Å². The molecule has 0 bridgehead atoms. The second-order valence-corrected chi connectivity index (χ2v) is 4.50. The van der Waals surface area contributed by atoms with E-state index in [9.17, 15) is 19.1 Å². The van der Waals surface area contributed by atoms with Gasteiger partial charge in [0.2, 0.25) is 5.91 Å². The van der Waals surface area contributed by atoms with Gasteiger partial charge < -0.3 is 21.3 Å². The third-order valence-electron chi connectivity index (χ3n) is 2.79. The Hall–Kier alpha value is -1.99. The number of benzene rings is 1. The average Bonchev–Trinajstić information content (AvgIpc) is 2.39. The van der Waals surface area contributed by atoms with Gasteiger partial charge >= 0.3 is 5.97 Å². The number of carbonyl (C=O) groups is 2. The smallest absolute Gasteiger partial charge is 0.326 e. The van der Waals surface area contributed by atoms with E-state index in [4.69, 9.17) is 10.8 Å². The molecule has 7 heteroatoms. The fourth-order valence-electron chi connectivity index (χ4n) is 1.54. The molecule has 0 heterocycles. The van der Waals surface area contributed by atoms with Crippen molar-refractivity contribution in [3.63, 3.8) is 0 Å².